The Kier molecular flexibility index (Phi) is 4.12. The molecule has 1 N–H and O–H groups in total. The van der Waals surface area contributed by atoms with Crippen molar-refractivity contribution in [1.29, 1.82) is 0 Å². The van der Waals surface area contributed by atoms with Crippen LogP contribution >= 0.6 is 15.9 Å². The number of fused-ring (bicyclic) bond motifs is 3. The molecule has 2 aromatic carbocycles. The molecule has 0 bridgehead atoms. The quantitative estimate of drug-likeness (QED) is 0.673. The minimum Gasteiger partial charge on any atom is -0.507 e. The molecule has 1 atom stereocenters. The van der Waals surface area contributed by atoms with Gasteiger partial charge in [-0.1, -0.05) is 48.0 Å². The molecule has 0 spiro atoms. The van der Waals surface area contributed by atoms with Crippen molar-refractivity contribution in [1.82, 2.24) is 0 Å². The molecule has 23 heavy (non-hydrogen) atoms. The van der Waals surface area contributed by atoms with E-state index in [0.29, 0.717) is 17.6 Å². The molecular formula is C20H26BrNO. The van der Waals surface area contributed by atoms with Crippen LogP contribution in [0.5, 0.6) is 5.75 Å². The van der Waals surface area contributed by atoms with Gasteiger partial charge in [0.15, 0.2) is 0 Å². The zero-order chi connectivity index (χ0) is 16.9. The lowest BCUT2D eigenvalue weighted by Gasteiger charge is -2.35. The number of anilines is 1. The number of alkyl halides is 1. The summed E-state index contributed by atoms with van der Waals surface area (Å²) in [6.07, 6.45) is 0. The number of phenolic OH excluding ortho intramolecular Hbond substituents is 1. The van der Waals surface area contributed by atoms with Crippen molar-refractivity contribution in [3.05, 3.63) is 35.4 Å². The summed E-state index contributed by atoms with van der Waals surface area (Å²) >= 11 is 3.70. The average Bonchev–Trinajstić information content (AvgIpc) is 2.85. The predicted molar refractivity (Wildman–Crippen MR) is 103 cm³/mol. The van der Waals surface area contributed by atoms with Crippen LogP contribution in [0.3, 0.4) is 0 Å². The highest BCUT2D eigenvalue weighted by Crippen LogP contribution is 2.48. The molecule has 3 rings (SSSR count). The second-order valence-corrected chi connectivity index (χ2v) is 8.57. The fourth-order valence-electron chi connectivity index (χ4n) is 3.61. The number of hydrogen-bond donors (Lipinski definition) is 1. The number of rotatable bonds is 2. The first-order chi connectivity index (χ1) is 10.7. The van der Waals surface area contributed by atoms with Crippen LogP contribution in [0.15, 0.2) is 24.3 Å². The first-order valence-electron chi connectivity index (χ1n) is 8.37. The Balaban J connectivity index is 2.32. The highest BCUT2D eigenvalue weighted by atomic mass is 79.9. The number of nitrogens with zero attached hydrogens (tertiary/aromatic N) is 1. The number of halogens is 1. The summed E-state index contributed by atoms with van der Waals surface area (Å²) in [6, 6.07) is 8.45. The van der Waals surface area contributed by atoms with Gasteiger partial charge < -0.3 is 10.0 Å². The first-order valence-corrected chi connectivity index (χ1v) is 9.49. The SMILES string of the molecule is CC(C)c1ccc2c(O)cc3c(c2c1)[C@H](CBr)CN3C(C)(C)C. The summed E-state index contributed by atoms with van der Waals surface area (Å²) in [5, 5.41) is 13.7. The molecule has 3 heteroatoms. The van der Waals surface area contributed by atoms with E-state index in [9.17, 15) is 5.11 Å². The molecule has 1 heterocycles. The van der Waals surface area contributed by atoms with Crippen molar-refractivity contribution in [2.24, 2.45) is 0 Å². The normalized spacial score (nSPS) is 18.0. The third-order valence-electron chi connectivity index (χ3n) is 4.92. The Morgan fingerprint density at radius 1 is 1.22 bits per heavy atom. The zero-order valence-corrected chi connectivity index (χ0v) is 16.2. The second kappa shape index (κ2) is 5.70. The number of aromatic hydroxyl groups is 1. The summed E-state index contributed by atoms with van der Waals surface area (Å²) in [5.74, 6) is 1.33. The fraction of sp³-hybridized carbons (Fsp3) is 0.500. The van der Waals surface area contributed by atoms with Crippen LogP contribution in [-0.4, -0.2) is 22.5 Å². The molecule has 2 nitrogen and oxygen atoms in total. The minimum atomic E-state index is 0.0431. The van der Waals surface area contributed by atoms with Crippen molar-refractivity contribution < 1.29 is 5.11 Å². The Labute approximate surface area is 147 Å². The van der Waals surface area contributed by atoms with Gasteiger partial charge in [-0.05, 0) is 43.2 Å². The van der Waals surface area contributed by atoms with Gasteiger partial charge in [-0.2, -0.15) is 0 Å². The Bertz CT molecular complexity index is 745. The standard InChI is InChI=1S/C20H26BrNO/c1-12(2)13-6-7-15-16(8-13)19-14(10-21)11-22(20(3,4)5)17(19)9-18(15)23/h6-9,12,14,23H,10-11H2,1-5H3/t14-/m1/s1. The smallest absolute Gasteiger partial charge is 0.125 e. The largest absolute Gasteiger partial charge is 0.507 e. The molecule has 0 radical (unpaired) electrons. The highest BCUT2D eigenvalue weighted by molar-refractivity contribution is 9.09. The Morgan fingerprint density at radius 3 is 2.48 bits per heavy atom. The second-order valence-electron chi connectivity index (χ2n) is 7.92. The van der Waals surface area contributed by atoms with E-state index in [1.54, 1.807) is 0 Å². The highest BCUT2D eigenvalue weighted by Gasteiger charge is 2.36. The van der Waals surface area contributed by atoms with Crippen LogP contribution in [0.25, 0.3) is 10.8 Å². The molecule has 0 fully saturated rings. The van der Waals surface area contributed by atoms with Crippen molar-refractivity contribution in [3.8, 4) is 5.75 Å². The molecular weight excluding hydrogens is 350 g/mol. The van der Waals surface area contributed by atoms with Crippen molar-refractivity contribution in [3.63, 3.8) is 0 Å². The van der Waals surface area contributed by atoms with Crippen LogP contribution in [0.4, 0.5) is 5.69 Å². The maximum atomic E-state index is 10.6. The van der Waals surface area contributed by atoms with E-state index in [1.807, 2.05) is 6.07 Å². The molecule has 0 saturated heterocycles. The van der Waals surface area contributed by atoms with Crippen molar-refractivity contribution in [2.75, 3.05) is 16.8 Å². The molecule has 2 aromatic rings. The van der Waals surface area contributed by atoms with Gasteiger partial charge >= 0.3 is 0 Å². The van der Waals surface area contributed by atoms with Crippen LogP contribution in [0.2, 0.25) is 0 Å². The maximum absolute atomic E-state index is 10.6. The van der Waals surface area contributed by atoms with Gasteiger partial charge in [0.05, 0.1) is 0 Å². The van der Waals surface area contributed by atoms with E-state index in [2.05, 4.69) is 73.6 Å². The third-order valence-corrected chi connectivity index (χ3v) is 5.71. The molecule has 0 saturated carbocycles. The lowest BCUT2D eigenvalue weighted by atomic mass is 9.92. The third kappa shape index (κ3) is 2.73. The lowest BCUT2D eigenvalue weighted by Crippen LogP contribution is -2.40. The van der Waals surface area contributed by atoms with Crippen LogP contribution in [-0.2, 0) is 0 Å². The summed E-state index contributed by atoms with van der Waals surface area (Å²) in [6.45, 7) is 12.1. The monoisotopic (exact) mass is 375 g/mol. The van der Waals surface area contributed by atoms with Gasteiger partial charge in [-0.15, -0.1) is 0 Å². The van der Waals surface area contributed by atoms with E-state index in [1.165, 1.54) is 22.2 Å². The molecule has 1 aliphatic heterocycles. The molecule has 0 unspecified atom stereocenters. The average molecular weight is 376 g/mol. The molecule has 0 aliphatic carbocycles. The van der Waals surface area contributed by atoms with Gasteiger partial charge in [0.1, 0.15) is 5.75 Å². The van der Waals surface area contributed by atoms with E-state index in [4.69, 9.17) is 0 Å². The minimum absolute atomic E-state index is 0.0431. The summed E-state index contributed by atoms with van der Waals surface area (Å²) in [5.41, 5.74) is 3.94. The topological polar surface area (TPSA) is 23.5 Å². The fourth-order valence-corrected chi connectivity index (χ4v) is 4.14. The van der Waals surface area contributed by atoms with Gasteiger partial charge in [-0.25, -0.2) is 0 Å². The Hall–Kier alpha value is -1.22. The zero-order valence-electron chi connectivity index (χ0n) is 14.7. The number of hydrogen-bond acceptors (Lipinski definition) is 2. The van der Waals surface area contributed by atoms with Crippen molar-refractivity contribution >= 4 is 32.4 Å². The molecule has 124 valence electrons. The van der Waals surface area contributed by atoms with E-state index in [0.717, 1.165) is 17.3 Å². The van der Waals surface area contributed by atoms with Gasteiger partial charge in [0.2, 0.25) is 0 Å². The van der Waals surface area contributed by atoms with Gasteiger partial charge in [-0.3, -0.25) is 0 Å². The van der Waals surface area contributed by atoms with Crippen LogP contribution < -0.4 is 4.90 Å². The van der Waals surface area contributed by atoms with E-state index >= 15 is 0 Å². The lowest BCUT2D eigenvalue weighted by molar-refractivity contribution is 0.479. The summed E-state index contributed by atoms with van der Waals surface area (Å²) in [7, 11) is 0. The maximum Gasteiger partial charge on any atom is 0.125 e. The van der Waals surface area contributed by atoms with E-state index in [-0.39, 0.29) is 5.54 Å². The van der Waals surface area contributed by atoms with Crippen molar-refractivity contribution in [2.45, 2.75) is 52.0 Å². The predicted octanol–water partition coefficient (Wildman–Crippen LogP) is 5.77. The van der Waals surface area contributed by atoms with Gasteiger partial charge in [0.25, 0.3) is 0 Å². The molecule has 0 aromatic heterocycles. The summed E-state index contributed by atoms with van der Waals surface area (Å²) in [4.78, 5) is 2.43. The number of phenols is 1. The summed E-state index contributed by atoms with van der Waals surface area (Å²) < 4.78 is 0. The number of benzene rings is 2. The Morgan fingerprint density at radius 2 is 1.91 bits per heavy atom. The van der Waals surface area contributed by atoms with Crippen LogP contribution in [0, 0.1) is 0 Å². The van der Waals surface area contributed by atoms with Crippen LogP contribution in [0.1, 0.15) is 57.6 Å². The van der Waals surface area contributed by atoms with Gasteiger partial charge in [0, 0.05) is 40.5 Å². The first kappa shape index (κ1) is 16.6. The molecule has 1 aliphatic rings. The molecule has 0 amide bonds. The van der Waals surface area contributed by atoms with E-state index < -0.39 is 0 Å².